The summed E-state index contributed by atoms with van der Waals surface area (Å²) in [5, 5.41) is 22.6. The van der Waals surface area contributed by atoms with Crippen LogP contribution in [0.5, 0.6) is 5.75 Å². The van der Waals surface area contributed by atoms with E-state index in [1.807, 2.05) is 36.1 Å². The Balaban J connectivity index is 1.32. The van der Waals surface area contributed by atoms with Gasteiger partial charge >= 0.3 is 6.09 Å². The highest BCUT2D eigenvalue weighted by atomic mass is 19.1. The molecule has 1 fully saturated rings. The number of nitrogens with one attached hydrogen (secondary N) is 3. The van der Waals surface area contributed by atoms with Crippen LogP contribution in [0.25, 0.3) is 22.2 Å². The van der Waals surface area contributed by atoms with Crippen LogP contribution in [0, 0.1) is 12.7 Å². The zero-order valence-corrected chi connectivity index (χ0v) is 26.8. The number of H-pyrrole nitrogens is 1. The summed E-state index contributed by atoms with van der Waals surface area (Å²) in [7, 11) is 3.20. The third kappa shape index (κ3) is 8.04. The second-order valence-corrected chi connectivity index (χ2v) is 11.8. The Morgan fingerprint density at radius 2 is 1.98 bits per heavy atom. The summed E-state index contributed by atoms with van der Waals surface area (Å²) < 4.78 is 20.5. The van der Waals surface area contributed by atoms with Crippen LogP contribution >= 0.6 is 0 Å². The number of carboxylic acid groups (broad SMARTS) is 1. The van der Waals surface area contributed by atoms with Gasteiger partial charge in [-0.05, 0) is 75.1 Å². The topological polar surface area (TPSA) is 153 Å². The summed E-state index contributed by atoms with van der Waals surface area (Å²) >= 11 is 0. The van der Waals surface area contributed by atoms with E-state index in [0.717, 1.165) is 27.9 Å². The molecule has 3 amide bonds. The smallest absolute Gasteiger partial charge is 0.404 e. The second kappa shape index (κ2) is 15.0. The first-order valence-electron chi connectivity index (χ1n) is 15.6. The van der Waals surface area contributed by atoms with Crippen LogP contribution < -0.4 is 15.4 Å². The summed E-state index contributed by atoms with van der Waals surface area (Å²) in [6, 6.07) is 13.0. The molecule has 1 aliphatic rings. The molecule has 2 aromatic heterocycles. The van der Waals surface area contributed by atoms with Gasteiger partial charge in [0.2, 0.25) is 5.91 Å². The van der Waals surface area contributed by atoms with E-state index in [-0.39, 0.29) is 24.4 Å². The molecule has 0 unspecified atom stereocenters. The molecule has 0 spiro atoms. The Labute approximate surface area is 272 Å². The van der Waals surface area contributed by atoms with Crippen LogP contribution in [0.4, 0.5) is 9.18 Å². The highest BCUT2D eigenvalue weighted by Gasteiger charge is 2.36. The average Bonchev–Trinajstić information content (AvgIpc) is 3.48. The third-order valence-corrected chi connectivity index (χ3v) is 8.53. The highest BCUT2D eigenvalue weighted by molar-refractivity contribution is 6.01. The Kier molecular flexibility index (Phi) is 10.7. The number of carbonyl (C=O) groups excluding carboxylic acids is 2. The molecule has 248 valence electrons. The number of aromatic nitrogens is 3. The number of piperidine rings is 1. The van der Waals surface area contributed by atoms with E-state index in [9.17, 15) is 14.4 Å². The van der Waals surface area contributed by atoms with E-state index in [2.05, 4.69) is 25.8 Å². The number of likely N-dealkylation sites (tertiary alicyclic amines) is 1. The Bertz CT molecular complexity index is 1750. The van der Waals surface area contributed by atoms with Crippen molar-refractivity contribution in [2.45, 2.75) is 51.2 Å². The van der Waals surface area contributed by atoms with Crippen molar-refractivity contribution in [2.75, 3.05) is 33.8 Å². The molecule has 12 nitrogen and oxygen atoms in total. The van der Waals surface area contributed by atoms with Gasteiger partial charge in [0.1, 0.15) is 17.3 Å². The Hall–Kier alpha value is -5.04. The fraction of sp³-hybridized carbons (Fsp3) is 0.382. The SMILES string of the molecule is COc1cccc(F)c1CN1C[C@H](NC(=O)c2ccc3[nH]nc(-c4ccnc(C)c4)c3c2)CC[C@H]1C(=O)N(C)CCCCNC(=O)O. The van der Waals surface area contributed by atoms with E-state index in [0.29, 0.717) is 62.2 Å². The van der Waals surface area contributed by atoms with Crippen LogP contribution in [0.2, 0.25) is 0 Å². The lowest BCUT2D eigenvalue weighted by Crippen LogP contribution is -2.56. The van der Waals surface area contributed by atoms with Gasteiger partial charge in [-0.25, -0.2) is 9.18 Å². The summed E-state index contributed by atoms with van der Waals surface area (Å²) in [5.41, 5.74) is 4.10. The number of carbonyl (C=O) groups is 3. The molecule has 0 aliphatic carbocycles. The molecule has 2 aromatic carbocycles. The largest absolute Gasteiger partial charge is 0.496 e. The van der Waals surface area contributed by atoms with Crippen molar-refractivity contribution < 1.29 is 28.6 Å². The van der Waals surface area contributed by atoms with Crippen molar-refractivity contribution in [3.8, 4) is 17.0 Å². The molecule has 4 aromatic rings. The molecule has 3 heterocycles. The van der Waals surface area contributed by atoms with E-state index < -0.39 is 18.0 Å². The molecule has 2 atom stereocenters. The molecule has 13 heteroatoms. The second-order valence-electron chi connectivity index (χ2n) is 11.8. The van der Waals surface area contributed by atoms with E-state index >= 15 is 4.39 Å². The first-order valence-corrected chi connectivity index (χ1v) is 15.6. The monoisotopic (exact) mass is 645 g/mol. The summed E-state index contributed by atoms with van der Waals surface area (Å²) in [5.74, 6) is -0.416. The number of unbranched alkanes of at least 4 members (excludes halogenated alkanes) is 1. The van der Waals surface area contributed by atoms with Crippen molar-refractivity contribution in [1.29, 1.82) is 0 Å². The van der Waals surface area contributed by atoms with Gasteiger partial charge in [0.05, 0.1) is 18.7 Å². The number of amides is 3. The van der Waals surface area contributed by atoms with Crippen LogP contribution in [0.3, 0.4) is 0 Å². The van der Waals surface area contributed by atoms with Gasteiger partial charge in [-0.3, -0.25) is 24.6 Å². The fourth-order valence-electron chi connectivity index (χ4n) is 6.07. The zero-order chi connectivity index (χ0) is 33.5. The number of methoxy groups -OCH3 is 1. The van der Waals surface area contributed by atoms with Gasteiger partial charge in [-0.2, -0.15) is 5.10 Å². The molecule has 1 aliphatic heterocycles. The summed E-state index contributed by atoms with van der Waals surface area (Å²) in [6.45, 7) is 3.10. The fourth-order valence-corrected chi connectivity index (χ4v) is 6.07. The maximum Gasteiger partial charge on any atom is 0.404 e. The molecular formula is C34H40FN7O5. The number of benzene rings is 2. The molecular weight excluding hydrogens is 605 g/mol. The number of nitrogens with zero attached hydrogens (tertiary/aromatic N) is 4. The van der Waals surface area contributed by atoms with Gasteiger partial charge in [0.25, 0.3) is 5.91 Å². The highest BCUT2D eigenvalue weighted by Crippen LogP contribution is 2.29. The Morgan fingerprint density at radius 1 is 1.15 bits per heavy atom. The number of hydrogen-bond donors (Lipinski definition) is 4. The summed E-state index contributed by atoms with van der Waals surface area (Å²) in [6.07, 6.45) is 2.87. The number of rotatable bonds is 12. The quantitative estimate of drug-likeness (QED) is 0.166. The maximum absolute atomic E-state index is 15.1. The van der Waals surface area contributed by atoms with Crippen molar-refractivity contribution in [2.24, 2.45) is 0 Å². The number of hydrogen-bond acceptors (Lipinski definition) is 7. The molecule has 0 bridgehead atoms. The minimum Gasteiger partial charge on any atom is -0.496 e. The van der Waals surface area contributed by atoms with Crippen molar-refractivity contribution in [3.63, 3.8) is 0 Å². The van der Waals surface area contributed by atoms with Crippen LogP contribution in [0.15, 0.2) is 54.7 Å². The predicted octanol–water partition coefficient (Wildman–Crippen LogP) is 4.35. The molecule has 4 N–H and O–H groups in total. The number of aryl methyl sites for hydroxylation is 1. The molecule has 0 saturated carbocycles. The van der Waals surface area contributed by atoms with Gasteiger partial charge in [0, 0.05) is 73.2 Å². The maximum atomic E-state index is 15.1. The third-order valence-electron chi connectivity index (χ3n) is 8.53. The lowest BCUT2D eigenvalue weighted by molar-refractivity contribution is -0.137. The van der Waals surface area contributed by atoms with Crippen molar-refractivity contribution in [3.05, 3.63) is 77.4 Å². The number of fused-ring (bicyclic) bond motifs is 1. The minimum absolute atomic E-state index is 0.111. The number of likely N-dealkylation sites (N-methyl/N-ethyl adjacent to an activating group) is 1. The van der Waals surface area contributed by atoms with Crippen molar-refractivity contribution in [1.82, 2.24) is 35.6 Å². The van der Waals surface area contributed by atoms with Crippen molar-refractivity contribution >= 4 is 28.8 Å². The Morgan fingerprint density at radius 3 is 2.74 bits per heavy atom. The lowest BCUT2D eigenvalue weighted by atomic mass is 9.95. The average molecular weight is 646 g/mol. The molecule has 0 radical (unpaired) electrons. The minimum atomic E-state index is -1.08. The number of aromatic amines is 1. The van der Waals surface area contributed by atoms with Gasteiger partial charge in [0.15, 0.2) is 0 Å². The predicted molar refractivity (Wildman–Crippen MR) is 175 cm³/mol. The first kappa shape index (κ1) is 33.3. The van der Waals surface area contributed by atoms with Crippen LogP contribution in [0.1, 0.15) is 47.3 Å². The van der Waals surface area contributed by atoms with Gasteiger partial charge in [-0.1, -0.05) is 6.07 Å². The van der Waals surface area contributed by atoms with E-state index in [1.54, 1.807) is 36.3 Å². The zero-order valence-electron chi connectivity index (χ0n) is 26.8. The standard InChI is InChI=1S/C34H40FN7O5/c1-21-17-22(13-15-36-21)31-25-18-23(9-11-28(25)39-40-31)32(43)38-24-10-12-29(33(44)41(2)16-5-4-14-37-34(45)46)42(19-24)20-26-27(35)7-6-8-30(26)47-3/h6-9,11,13,15,17-18,24,29,37H,4-5,10,12,14,16,19-20H2,1-3H3,(H,38,43)(H,39,40)(H,45,46)/t24-,29+/m1/s1. The number of pyridine rings is 1. The molecule has 1 saturated heterocycles. The van der Waals surface area contributed by atoms with E-state index in [4.69, 9.17) is 9.84 Å². The molecule has 47 heavy (non-hydrogen) atoms. The van der Waals surface area contributed by atoms with Crippen LogP contribution in [-0.4, -0.2) is 93.9 Å². The summed E-state index contributed by atoms with van der Waals surface area (Å²) in [4.78, 5) is 45.8. The van der Waals surface area contributed by atoms with Gasteiger partial charge in [-0.15, -0.1) is 0 Å². The van der Waals surface area contributed by atoms with Gasteiger partial charge < -0.3 is 25.4 Å². The molecule has 5 rings (SSSR count). The normalized spacial score (nSPS) is 16.5. The first-order chi connectivity index (χ1) is 22.6. The van der Waals surface area contributed by atoms with Crippen LogP contribution in [-0.2, 0) is 11.3 Å². The lowest BCUT2D eigenvalue weighted by Gasteiger charge is -2.40. The number of halogens is 1. The van der Waals surface area contributed by atoms with E-state index in [1.165, 1.54) is 13.2 Å². The number of ether oxygens (including phenoxy) is 1.